The fourth-order valence-corrected chi connectivity index (χ4v) is 5.91. The standard InChI is InChI=1S/C48H77NO6/c1-5-7-9-11-13-15-17-19-21-23-25-27-29-31-33-35-47(51)54-44-39-43(42-53-46(50)37-38-49(3)4)40-45(41-44)55-48(52)36-34-32-30-28-26-24-22-20-18-16-14-12-10-8-6-2/h13-16,19-22,39-41H,5-12,17-18,23-38,42H2,1-4H3/b15-13-,16-14-,21-19-,22-20-. The van der Waals surface area contributed by atoms with Gasteiger partial charge in [-0.05, 0) is 109 Å². The number of esters is 3. The minimum Gasteiger partial charge on any atom is -0.461 e. The first-order chi connectivity index (χ1) is 26.8. The van der Waals surface area contributed by atoms with Crippen LogP contribution in [0.15, 0.2) is 66.8 Å². The molecule has 0 unspecified atom stereocenters. The van der Waals surface area contributed by atoms with Gasteiger partial charge >= 0.3 is 17.9 Å². The van der Waals surface area contributed by atoms with Crippen molar-refractivity contribution in [3.8, 4) is 11.5 Å². The molecule has 0 bridgehead atoms. The topological polar surface area (TPSA) is 82.1 Å². The van der Waals surface area contributed by atoms with Crippen LogP contribution in [0.5, 0.6) is 11.5 Å². The third-order valence-electron chi connectivity index (χ3n) is 9.23. The molecule has 0 amide bonds. The smallest absolute Gasteiger partial charge is 0.311 e. The molecule has 0 radical (unpaired) electrons. The summed E-state index contributed by atoms with van der Waals surface area (Å²) >= 11 is 0. The Balaban J connectivity index is 2.44. The van der Waals surface area contributed by atoms with E-state index in [1.165, 1.54) is 51.4 Å². The lowest BCUT2D eigenvalue weighted by Crippen LogP contribution is -2.18. The van der Waals surface area contributed by atoms with Crippen LogP contribution in [0.1, 0.15) is 180 Å². The van der Waals surface area contributed by atoms with Gasteiger partial charge in [0.2, 0.25) is 0 Å². The van der Waals surface area contributed by atoms with Crippen molar-refractivity contribution in [2.24, 2.45) is 0 Å². The normalized spacial score (nSPS) is 11.9. The Morgan fingerprint density at radius 2 is 0.891 bits per heavy atom. The molecule has 7 nitrogen and oxygen atoms in total. The number of rotatable bonds is 35. The van der Waals surface area contributed by atoms with Gasteiger partial charge in [0.25, 0.3) is 0 Å². The molecule has 0 atom stereocenters. The maximum absolute atomic E-state index is 12.7. The molecular formula is C48H77NO6. The summed E-state index contributed by atoms with van der Waals surface area (Å²) < 4.78 is 16.8. The van der Waals surface area contributed by atoms with E-state index in [1.54, 1.807) is 18.2 Å². The molecule has 1 aromatic rings. The van der Waals surface area contributed by atoms with E-state index >= 15 is 0 Å². The predicted octanol–water partition coefficient (Wildman–Crippen LogP) is 13.1. The SMILES string of the molecule is CCCCC/C=C\C/C=C\CCCCCCCC(=O)Oc1cc(COC(=O)CCN(C)C)cc(OC(=O)CCCCCCC/C=C\C/C=C\CCCCC)c1. The Morgan fingerprint density at radius 3 is 1.31 bits per heavy atom. The van der Waals surface area contributed by atoms with Crippen molar-refractivity contribution < 1.29 is 28.6 Å². The molecule has 0 spiro atoms. The molecule has 7 heteroatoms. The lowest BCUT2D eigenvalue weighted by atomic mass is 10.1. The van der Waals surface area contributed by atoms with Crippen LogP contribution in [0.4, 0.5) is 0 Å². The van der Waals surface area contributed by atoms with Crippen LogP contribution in [0.2, 0.25) is 0 Å². The number of ether oxygens (including phenoxy) is 3. The van der Waals surface area contributed by atoms with Crippen molar-refractivity contribution in [2.75, 3.05) is 20.6 Å². The Labute approximate surface area is 336 Å². The highest BCUT2D eigenvalue weighted by Crippen LogP contribution is 2.25. The fourth-order valence-electron chi connectivity index (χ4n) is 5.91. The zero-order valence-electron chi connectivity index (χ0n) is 35.3. The average molecular weight is 764 g/mol. The summed E-state index contributed by atoms with van der Waals surface area (Å²) in [5.74, 6) is -0.401. The summed E-state index contributed by atoms with van der Waals surface area (Å²) in [6.45, 7) is 5.05. The molecule has 0 saturated heterocycles. The van der Waals surface area contributed by atoms with Crippen LogP contribution in [-0.2, 0) is 25.7 Å². The highest BCUT2D eigenvalue weighted by atomic mass is 16.5. The molecule has 0 heterocycles. The number of unbranched alkanes of at least 4 members (excludes halogenated alkanes) is 16. The van der Waals surface area contributed by atoms with Crippen molar-refractivity contribution in [1.29, 1.82) is 0 Å². The number of allylic oxidation sites excluding steroid dienone is 8. The monoisotopic (exact) mass is 764 g/mol. The predicted molar refractivity (Wildman–Crippen MR) is 229 cm³/mol. The second-order valence-electron chi connectivity index (χ2n) is 14.9. The van der Waals surface area contributed by atoms with Gasteiger partial charge in [-0.3, -0.25) is 14.4 Å². The zero-order valence-corrected chi connectivity index (χ0v) is 35.3. The van der Waals surface area contributed by atoms with Gasteiger partial charge < -0.3 is 19.1 Å². The minimum absolute atomic E-state index is 0.00191. The zero-order chi connectivity index (χ0) is 40.0. The molecule has 1 rings (SSSR count). The van der Waals surface area contributed by atoms with Gasteiger partial charge in [0.1, 0.15) is 18.1 Å². The van der Waals surface area contributed by atoms with Gasteiger partial charge in [-0.1, -0.05) is 127 Å². The number of hydrogen-bond donors (Lipinski definition) is 0. The first-order valence-electron chi connectivity index (χ1n) is 21.8. The van der Waals surface area contributed by atoms with Crippen LogP contribution in [0.3, 0.4) is 0 Å². The van der Waals surface area contributed by atoms with Crippen molar-refractivity contribution in [3.05, 3.63) is 72.4 Å². The fraction of sp³-hybridized carbons (Fsp3) is 0.646. The number of hydrogen-bond acceptors (Lipinski definition) is 7. The van der Waals surface area contributed by atoms with E-state index in [-0.39, 0.29) is 42.4 Å². The average Bonchev–Trinajstić information content (AvgIpc) is 3.16. The Kier molecular flexibility index (Phi) is 32.6. The van der Waals surface area contributed by atoms with E-state index in [9.17, 15) is 14.4 Å². The van der Waals surface area contributed by atoms with Crippen molar-refractivity contribution in [2.45, 2.75) is 181 Å². The van der Waals surface area contributed by atoms with Gasteiger partial charge in [0, 0.05) is 25.5 Å². The van der Waals surface area contributed by atoms with E-state index in [1.807, 2.05) is 19.0 Å². The lowest BCUT2D eigenvalue weighted by Gasteiger charge is -2.12. The van der Waals surface area contributed by atoms with Gasteiger partial charge in [-0.15, -0.1) is 0 Å². The largest absolute Gasteiger partial charge is 0.461 e. The molecule has 0 aliphatic rings. The molecule has 0 N–H and O–H groups in total. The van der Waals surface area contributed by atoms with Crippen LogP contribution in [-0.4, -0.2) is 43.4 Å². The maximum atomic E-state index is 12.7. The number of benzene rings is 1. The molecule has 310 valence electrons. The van der Waals surface area contributed by atoms with E-state index in [0.29, 0.717) is 24.9 Å². The van der Waals surface area contributed by atoms with Gasteiger partial charge in [-0.25, -0.2) is 0 Å². The Bertz CT molecular complexity index is 1170. The second kappa shape index (κ2) is 36.2. The molecule has 55 heavy (non-hydrogen) atoms. The molecular weight excluding hydrogens is 687 g/mol. The van der Waals surface area contributed by atoms with Crippen molar-refractivity contribution in [1.82, 2.24) is 4.90 Å². The van der Waals surface area contributed by atoms with Crippen LogP contribution < -0.4 is 9.47 Å². The molecule has 0 fully saturated rings. The van der Waals surface area contributed by atoms with Crippen LogP contribution in [0, 0.1) is 0 Å². The second-order valence-corrected chi connectivity index (χ2v) is 14.9. The molecule has 0 aliphatic heterocycles. The quantitative estimate of drug-likeness (QED) is 0.0295. The minimum atomic E-state index is -0.326. The summed E-state index contributed by atoms with van der Waals surface area (Å²) in [6.07, 6.45) is 43.6. The summed E-state index contributed by atoms with van der Waals surface area (Å²) in [6, 6.07) is 4.91. The summed E-state index contributed by atoms with van der Waals surface area (Å²) in [5, 5.41) is 0. The molecule has 0 saturated carbocycles. The number of nitrogens with zero attached hydrogens (tertiary/aromatic N) is 1. The lowest BCUT2D eigenvalue weighted by molar-refractivity contribution is -0.145. The number of carbonyl (C=O) groups is 3. The van der Waals surface area contributed by atoms with Crippen LogP contribution in [0.25, 0.3) is 0 Å². The Hall–Kier alpha value is -3.45. The van der Waals surface area contributed by atoms with Gasteiger partial charge in [0.15, 0.2) is 0 Å². The van der Waals surface area contributed by atoms with E-state index in [4.69, 9.17) is 14.2 Å². The highest BCUT2D eigenvalue weighted by molar-refractivity contribution is 5.74. The summed E-state index contributed by atoms with van der Waals surface area (Å²) in [7, 11) is 3.80. The maximum Gasteiger partial charge on any atom is 0.311 e. The van der Waals surface area contributed by atoms with Gasteiger partial charge in [-0.2, -0.15) is 0 Å². The van der Waals surface area contributed by atoms with E-state index in [0.717, 1.165) is 89.9 Å². The van der Waals surface area contributed by atoms with E-state index < -0.39 is 0 Å². The first-order valence-corrected chi connectivity index (χ1v) is 21.8. The molecule has 0 aliphatic carbocycles. The first kappa shape index (κ1) is 49.6. The summed E-state index contributed by atoms with van der Waals surface area (Å²) in [5.41, 5.74) is 0.598. The van der Waals surface area contributed by atoms with Crippen LogP contribution >= 0.6 is 0 Å². The molecule has 0 aromatic heterocycles. The molecule has 1 aromatic carbocycles. The van der Waals surface area contributed by atoms with Gasteiger partial charge in [0.05, 0.1) is 6.42 Å². The number of carbonyl (C=O) groups excluding carboxylic acids is 3. The third kappa shape index (κ3) is 32.5. The van der Waals surface area contributed by atoms with Crippen molar-refractivity contribution >= 4 is 17.9 Å². The third-order valence-corrected chi connectivity index (χ3v) is 9.23. The Morgan fingerprint density at radius 1 is 0.491 bits per heavy atom. The van der Waals surface area contributed by atoms with Crippen molar-refractivity contribution in [3.63, 3.8) is 0 Å². The van der Waals surface area contributed by atoms with E-state index in [2.05, 4.69) is 62.5 Å². The highest BCUT2D eigenvalue weighted by Gasteiger charge is 2.13. The summed E-state index contributed by atoms with van der Waals surface area (Å²) in [4.78, 5) is 39.6.